The molecule has 12 heteroatoms. The molecule has 0 saturated carbocycles. The van der Waals surface area contributed by atoms with Crippen LogP contribution in [0.25, 0.3) is 0 Å². The molecule has 150 valence electrons. The highest BCUT2D eigenvalue weighted by Gasteiger charge is 2.59. The summed E-state index contributed by atoms with van der Waals surface area (Å²) >= 11 is 0. The molecule has 2 rings (SSSR count). The molecular formula is C15H19F2N3O7. The number of nitrogens with zero attached hydrogens (tertiary/aromatic N) is 2. The van der Waals surface area contributed by atoms with Gasteiger partial charge in [0.15, 0.2) is 6.10 Å². The number of alkyl halides is 2. The second-order valence-corrected chi connectivity index (χ2v) is 6.15. The first-order valence-electron chi connectivity index (χ1n) is 8.02. The van der Waals surface area contributed by atoms with Gasteiger partial charge < -0.3 is 25.4 Å². The Morgan fingerprint density at radius 2 is 2.15 bits per heavy atom. The number of hydrogen-bond acceptors (Lipinski definition) is 7. The van der Waals surface area contributed by atoms with E-state index in [4.69, 9.17) is 14.9 Å². The van der Waals surface area contributed by atoms with Crippen molar-refractivity contribution in [3.05, 3.63) is 22.7 Å². The molecule has 1 amide bonds. The fraction of sp³-hybridized carbons (Fsp3) is 0.600. The van der Waals surface area contributed by atoms with Crippen LogP contribution in [0, 0.1) is 5.92 Å². The average molecular weight is 391 g/mol. The maximum atomic E-state index is 14.1. The second-order valence-electron chi connectivity index (χ2n) is 6.15. The molecule has 0 aliphatic carbocycles. The summed E-state index contributed by atoms with van der Waals surface area (Å²) in [5, 5.41) is 29.4. The maximum absolute atomic E-state index is 14.1. The zero-order chi connectivity index (χ0) is 20.4. The Balaban J connectivity index is 2.13. The van der Waals surface area contributed by atoms with Gasteiger partial charge in [0.05, 0.1) is 6.61 Å². The number of rotatable bonds is 7. The lowest BCUT2D eigenvalue weighted by Crippen LogP contribution is -2.41. The van der Waals surface area contributed by atoms with E-state index in [1.54, 1.807) is 0 Å². The van der Waals surface area contributed by atoms with Gasteiger partial charge >= 0.3 is 17.6 Å². The van der Waals surface area contributed by atoms with Crippen LogP contribution in [0.1, 0.15) is 26.0 Å². The first kappa shape index (κ1) is 20.9. The van der Waals surface area contributed by atoms with Gasteiger partial charge in [0.2, 0.25) is 12.1 Å². The van der Waals surface area contributed by atoms with Gasteiger partial charge in [-0.1, -0.05) is 6.92 Å². The number of aliphatic hydroxyl groups is 2. The van der Waals surface area contributed by atoms with E-state index in [0.29, 0.717) is 4.57 Å². The number of carbonyl (C=O) groups is 2. The van der Waals surface area contributed by atoms with Crippen LogP contribution in [0.5, 0.6) is 0 Å². The van der Waals surface area contributed by atoms with Gasteiger partial charge in [0, 0.05) is 18.5 Å². The van der Waals surface area contributed by atoms with E-state index in [1.165, 1.54) is 6.92 Å². The second kappa shape index (κ2) is 8.06. The van der Waals surface area contributed by atoms with Crippen molar-refractivity contribution in [2.75, 3.05) is 11.9 Å². The Bertz CT molecular complexity index is 770. The number of ether oxygens (including phenoxy) is 1. The van der Waals surface area contributed by atoms with Crippen LogP contribution in [-0.2, 0) is 14.3 Å². The van der Waals surface area contributed by atoms with Crippen LogP contribution < -0.4 is 11.0 Å². The van der Waals surface area contributed by atoms with Crippen molar-refractivity contribution >= 4 is 17.7 Å². The summed E-state index contributed by atoms with van der Waals surface area (Å²) in [4.78, 5) is 38.0. The third-order valence-electron chi connectivity index (χ3n) is 4.13. The topological polar surface area (TPSA) is 151 Å². The summed E-state index contributed by atoms with van der Waals surface area (Å²) in [6, 6.07) is 1.08. The van der Waals surface area contributed by atoms with Crippen LogP contribution in [0.15, 0.2) is 17.1 Å². The van der Waals surface area contributed by atoms with Crippen LogP contribution in [0.2, 0.25) is 0 Å². The molecule has 1 aliphatic heterocycles. The number of anilines is 1. The summed E-state index contributed by atoms with van der Waals surface area (Å²) < 4.78 is 33.5. The highest BCUT2D eigenvalue weighted by molar-refractivity contribution is 5.91. The largest absolute Gasteiger partial charge is 0.481 e. The Morgan fingerprint density at radius 1 is 1.48 bits per heavy atom. The summed E-state index contributed by atoms with van der Waals surface area (Å²) in [6.07, 6.45) is -5.26. The first-order chi connectivity index (χ1) is 12.6. The van der Waals surface area contributed by atoms with E-state index in [0.717, 1.165) is 12.3 Å². The smallest absolute Gasteiger partial charge is 0.351 e. The number of hydrogen-bond donors (Lipinski definition) is 4. The summed E-state index contributed by atoms with van der Waals surface area (Å²) in [6.45, 7) is 0.626. The molecule has 4 N–H and O–H groups in total. The molecule has 0 spiro atoms. The predicted molar refractivity (Wildman–Crippen MR) is 85.1 cm³/mol. The molecule has 0 bridgehead atoms. The van der Waals surface area contributed by atoms with Crippen molar-refractivity contribution in [1.82, 2.24) is 9.55 Å². The van der Waals surface area contributed by atoms with E-state index in [-0.39, 0.29) is 18.7 Å². The Hall–Kier alpha value is -2.44. The van der Waals surface area contributed by atoms with Crippen molar-refractivity contribution in [2.45, 2.75) is 44.1 Å². The molecule has 1 aromatic rings. The van der Waals surface area contributed by atoms with E-state index >= 15 is 0 Å². The minimum absolute atomic E-state index is 0.0702. The van der Waals surface area contributed by atoms with Gasteiger partial charge in [-0.2, -0.15) is 13.8 Å². The molecule has 1 saturated heterocycles. The number of aliphatic carboxylic acids is 1. The predicted octanol–water partition coefficient (Wildman–Crippen LogP) is -0.431. The van der Waals surface area contributed by atoms with Crippen molar-refractivity contribution in [3.8, 4) is 0 Å². The van der Waals surface area contributed by atoms with Gasteiger partial charge in [0.1, 0.15) is 11.9 Å². The third-order valence-corrected chi connectivity index (χ3v) is 4.13. The van der Waals surface area contributed by atoms with Gasteiger partial charge in [-0.3, -0.25) is 14.2 Å². The van der Waals surface area contributed by atoms with E-state index < -0.39 is 54.4 Å². The minimum atomic E-state index is -3.84. The van der Waals surface area contributed by atoms with Gasteiger partial charge in [0.25, 0.3) is 0 Å². The van der Waals surface area contributed by atoms with Crippen LogP contribution in [-0.4, -0.2) is 61.5 Å². The molecule has 27 heavy (non-hydrogen) atoms. The fourth-order valence-corrected chi connectivity index (χ4v) is 2.50. The fourth-order valence-electron chi connectivity index (χ4n) is 2.50. The van der Waals surface area contributed by atoms with Crippen LogP contribution in [0.4, 0.5) is 14.6 Å². The number of aromatic nitrogens is 2. The summed E-state index contributed by atoms with van der Waals surface area (Å²) in [5.74, 6) is -6.36. The number of carboxylic acids is 1. The minimum Gasteiger partial charge on any atom is -0.481 e. The molecule has 2 heterocycles. The van der Waals surface area contributed by atoms with Crippen molar-refractivity contribution < 1.29 is 38.4 Å². The first-order valence-corrected chi connectivity index (χ1v) is 8.02. The van der Waals surface area contributed by atoms with Crippen LogP contribution in [0.3, 0.4) is 0 Å². The molecule has 10 nitrogen and oxygen atoms in total. The molecule has 4 atom stereocenters. The quantitative estimate of drug-likeness (QED) is 0.489. The molecule has 1 fully saturated rings. The Morgan fingerprint density at radius 3 is 2.67 bits per heavy atom. The van der Waals surface area contributed by atoms with Gasteiger partial charge in [-0.15, -0.1) is 0 Å². The molecule has 1 aromatic heterocycles. The van der Waals surface area contributed by atoms with Gasteiger partial charge in [-0.05, 0) is 12.5 Å². The number of carboxylic acid groups (broad SMARTS) is 1. The highest BCUT2D eigenvalue weighted by atomic mass is 19.3. The van der Waals surface area contributed by atoms with Gasteiger partial charge in [-0.25, -0.2) is 4.79 Å². The van der Waals surface area contributed by atoms with Crippen molar-refractivity contribution in [2.24, 2.45) is 5.92 Å². The lowest BCUT2D eigenvalue weighted by Gasteiger charge is -2.21. The lowest BCUT2D eigenvalue weighted by atomic mass is 10.1. The number of amides is 1. The van der Waals surface area contributed by atoms with Crippen molar-refractivity contribution in [3.63, 3.8) is 0 Å². The monoisotopic (exact) mass is 391 g/mol. The summed E-state index contributed by atoms with van der Waals surface area (Å²) in [7, 11) is 0. The number of halogens is 2. The Kier molecular flexibility index (Phi) is 6.23. The molecule has 0 radical (unpaired) electrons. The molecule has 0 aromatic carbocycles. The number of nitrogens with one attached hydrogen (secondary N) is 1. The van der Waals surface area contributed by atoms with Crippen molar-refractivity contribution in [1.29, 1.82) is 0 Å². The SMILES string of the molecule is CC(CCC(=O)O)C(=O)Nc1ccn([C@@H]2OC(CO)C(O)C2(F)F)c(=O)n1. The molecular weight excluding hydrogens is 372 g/mol. The maximum Gasteiger partial charge on any atom is 0.351 e. The standard InChI is InChI=1S/C15H19F2N3O7/c1-7(2-3-10(22)23)12(25)18-9-4-5-20(14(26)19-9)13-15(16,17)11(24)8(6-21)27-13/h4-5,7-8,11,13,21,24H,2-3,6H2,1H3,(H,22,23)(H,18,19,25,26)/t7?,8?,11?,13-/m1/s1. The third kappa shape index (κ3) is 4.46. The highest BCUT2D eigenvalue weighted by Crippen LogP contribution is 2.41. The molecule has 1 aliphatic rings. The van der Waals surface area contributed by atoms with Crippen LogP contribution >= 0.6 is 0 Å². The zero-order valence-electron chi connectivity index (χ0n) is 14.2. The number of aliphatic hydroxyl groups excluding tert-OH is 2. The van der Waals surface area contributed by atoms with E-state index in [1.807, 2.05) is 0 Å². The molecule has 3 unspecified atom stereocenters. The normalized spacial score (nSPS) is 25.1. The average Bonchev–Trinajstić information content (AvgIpc) is 2.82. The summed E-state index contributed by atoms with van der Waals surface area (Å²) in [5.41, 5.74) is -1.17. The zero-order valence-corrected chi connectivity index (χ0v) is 14.2. The van der Waals surface area contributed by atoms with E-state index in [2.05, 4.69) is 10.3 Å². The number of carbonyl (C=O) groups excluding carboxylic acids is 1. The van der Waals surface area contributed by atoms with E-state index in [9.17, 15) is 28.3 Å². The Labute approximate surface area is 151 Å². The lowest BCUT2D eigenvalue weighted by molar-refractivity contribution is -0.141.